The van der Waals surface area contributed by atoms with E-state index in [1.807, 2.05) is 18.2 Å². The summed E-state index contributed by atoms with van der Waals surface area (Å²) in [4.78, 5) is 0. The van der Waals surface area contributed by atoms with Crippen molar-refractivity contribution in [1.82, 2.24) is 0 Å². The Labute approximate surface area is 127 Å². The Kier molecular flexibility index (Phi) is 4.09. The Morgan fingerprint density at radius 3 is 2.14 bits per heavy atom. The van der Waals surface area contributed by atoms with Gasteiger partial charge in [-0.3, -0.25) is 0 Å². The number of halogens is 3. The lowest BCUT2D eigenvalue weighted by Gasteiger charge is -2.20. The fourth-order valence-corrected chi connectivity index (χ4v) is 2.01. The van der Waals surface area contributed by atoms with Crippen molar-refractivity contribution in [2.45, 2.75) is 32.4 Å². The number of nitrogens with two attached hydrogens (primary N) is 1. The van der Waals surface area contributed by atoms with Gasteiger partial charge in [-0.2, -0.15) is 13.2 Å². The van der Waals surface area contributed by atoms with Crippen LogP contribution in [0.2, 0.25) is 0 Å². The third kappa shape index (κ3) is 3.72. The van der Waals surface area contributed by atoms with E-state index >= 15 is 0 Å². The smallest absolute Gasteiger partial charge is 0.418 e. The molecule has 0 fully saturated rings. The molecule has 0 heterocycles. The van der Waals surface area contributed by atoms with Crippen molar-refractivity contribution >= 4 is 5.69 Å². The second-order valence-corrected chi connectivity index (χ2v) is 6.13. The number of alkyl halides is 3. The molecule has 0 aliphatic heterocycles. The fraction of sp³-hybridized carbons (Fsp3) is 0.294. The van der Waals surface area contributed by atoms with Gasteiger partial charge in [0.25, 0.3) is 0 Å². The zero-order chi connectivity index (χ0) is 16.5. The van der Waals surface area contributed by atoms with E-state index in [2.05, 4.69) is 20.8 Å². The quantitative estimate of drug-likeness (QED) is 0.756. The molecule has 0 aromatic heterocycles. The van der Waals surface area contributed by atoms with E-state index in [0.717, 1.165) is 11.6 Å². The summed E-state index contributed by atoms with van der Waals surface area (Å²) in [5, 5.41) is 0. The molecule has 0 saturated carbocycles. The van der Waals surface area contributed by atoms with Crippen LogP contribution in [0.4, 0.5) is 18.9 Å². The highest BCUT2D eigenvalue weighted by Gasteiger charge is 2.33. The van der Waals surface area contributed by atoms with Crippen molar-refractivity contribution in [3.63, 3.8) is 0 Å². The van der Waals surface area contributed by atoms with Crippen LogP contribution in [0.1, 0.15) is 31.9 Å². The second-order valence-electron chi connectivity index (χ2n) is 6.13. The number of hydrogen-bond acceptors (Lipinski definition) is 2. The Morgan fingerprint density at radius 1 is 0.909 bits per heavy atom. The van der Waals surface area contributed by atoms with Crippen molar-refractivity contribution in [2.24, 2.45) is 0 Å². The molecule has 0 aliphatic carbocycles. The van der Waals surface area contributed by atoms with Gasteiger partial charge in [-0.15, -0.1) is 0 Å². The molecule has 0 spiro atoms. The van der Waals surface area contributed by atoms with Gasteiger partial charge in [-0.05, 0) is 41.3 Å². The summed E-state index contributed by atoms with van der Waals surface area (Å²) in [6.07, 6.45) is -4.50. The summed E-state index contributed by atoms with van der Waals surface area (Å²) in [7, 11) is 0. The lowest BCUT2D eigenvalue weighted by molar-refractivity contribution is -0.137. The molecule has 0 atom stereocenters. The molecule has 2 aromatic carbocycles. The maximum Gasteiger partial charge on any atom is 0.418 e. The van der Waals surface area contributed by atoms with Crippen molar-refractivity contribution in [2.75, 3.05) is 5.73 Å². The maximum absolute atomic E-state index is 12.9. The van der Waals surface area contributed by atoms with Crippen molar-refractivity contribution in [3.8, 4) is 11.5 Å². The van der Waals surface area contributed by atoms with Crippen molar-refractivity contribution < 1.29 is 17.9 Å². The molecule has 2 aromatic rings. The van der Waals surface area contributed by atoms with Gasteiger partial charge in [-0.25, -0.2) is 0 Å². The molecule has 2 rings (SSSR count). The molecule has 0 aliphatic rings. The van der Waals surface area contributed by atoms with Crippen LogP contribution in [0.15, 0.2) is 42.5 Å². The van der Waals surface area contributed by atoms with Gasteiger partial charge in [0.2, 0.25) is 0 Å². The van der Waals surface area contributed by atoms with Gasteiger partial charge in [0.1, 0.15) is 11.5 Å². The van der Waals surface area contributed by atoms with Crippen LogP contribution >= 0.6 is 0 Å². The molecule has 0 radical (unpaired) electrons. The molecular formula is C17H18F3NO. The van der Waals surface area contributed by atoms with E-state index in [1.165, 1.54) is 12.1 Å². The Hall–Kier alpha value is -2.17. The molecule has 0 bridgehead atoms. The fourth-order valence-electron chi connectivity index (χ4n) is 2.01. The van der Waals surface area contributed by atoms with Crippen LogP contribution in [0.3, 0.4) is 0 Å². The summed E-state index contributed by atoms with van der Waals surface area (Å²) < 4.78 is 44.1. The zero-order valence-electron chi connectivity index (χ0n) is 12.7. The highest BCUT2D eigenvalue weighted by Crippen LogP contribution is 2.37. The molecule has 2 nitrogen and oxygen atoms in total. The minimum atomic E-state index is -4.50. The van der Waals surface area contributed by atoms with E-state index in [1.54, 1.807) is 6.07 Å². The summed E-state index contributed by atoms with van der Waals surface area (Å²) in [6, 6.07) is 10.8. The van der Waals surface area contributed by atoms with Gasteiger partial charge < -0.3 is 10.5 Å². The van der Waals surface area contributed by atoms with Gasteiger partial charge in [0, 0.05) is 5.69 Å². The van der Waals surface area contributed by atoms with Crippen LogP contribution in [0, 0.1) is 0 Å². The van der Waals surface area contributed by atoms with Gasteiger partial charge in [0.05, 0.1) is 5.56 Å². The topological polar surface area (TPSA) is 35.2 Å². The lowest BCUT2D eigenvalue weighted by atomic mass is 9.87. The normalized spacial score (nSPS) is 12.3. The van der Waals surface area contributed by atoms with Crippen LogP contribution in [-0.4, -0.2) is 0 Å². The number of nitrogen functional groups attached to an aromatic ring is 1. The highest BCUT2D eigenvalue weighted by atomic mass is 19.4. The molecule has 0 saturated heterocycles. The number of ether oxygens (including phenoxy) is 1. The van der Waals surface area contributed by atoms with E-state index < -0.39 is 11.7 Å². The highest BCUT2D eigenvalue weighted by molar-refractivity contribution is 5.52. The molecule has 22 heavy (non-hydrogen) atoms. The molecule has 0 unspecified atom stereocenters. The molecule has 2 N–H and O–H groups in total. The van der Waals surface area contributed by atoms with Gasteiger partial charge >= 0.3 is 6.18 Å². The number of hydrogen-bond donors (Lipinski definition) is 1. The maximum atomic E-state index is 12.9. The molecule has 118 valence electrons. The van der Waals surface area contributed by atoms with Crippen LogP contribution in [0.25, 0.3) is 0 Å². The second kappa shape index (κ2) is 5.55. The number of anilines is 1. The average molecular weight is 309 g/mol. The third-order valence-corrected chi connectivity index (χ3v) is 3.27. The molecular weight excluding hydrogens is 291 g/mol. The number of benzene rings is 2. The minimum absolute atomic E-state index is 0.0718. The average Bonchev–Trinajstić information content (AvgIpc) is 2.39. The first kappa shape index (κ1) is 16.2. The standard InChI is InChI=1S/C17H18F3NO/c1-16(2,3)11-5-4-6-12(9-11)22-13-7-8-15(21)14(10-13)17(18,19)20/h4-10H,21H2,1-3H3. The van der Waals surface area contributed by atoms with Crippen molar-refractivity contribution in [3.05, 3.63) is 53.6 Å². The first-order valence-corrected chi connectivity index (χ1v) is 6.82. The van der Waals surface area contributed by atoms with Crippen LogP contribution in [-0.2, 0) is 11.6 Å². The Bertz CT molecular complexity index is 672. The van der Waals surface area contributed by atoms with E-state index in [9.17, 15) is 13.2 Å². The predicted octanol–water partition coefficient (Wildman–Crippen LogP) is 5.38. The summed E-state index contributed by atoms with van der Waals surface area (Å²) >= 11 is 0. The van der Waals surface area contributed by atoms with Gasteiger partial charge in [-0.1, -0.05) is 32.9 Å². The van der Waals surface area contributed by atoms with E-state index in [0.29, 0.717) is 5.75 Å². The lowest BCUT2D eigenvalue weighted by Crippen LogP contribution is -2.10. The van der Waals surface area contributed by atoms with Crippen LogP contribution < -0.4 is 10.5 Å². The SMILES string of the molecule is CC(C)(C)c1cccc(Oc2ccc(N)c(C(F)(F)F)c2)c1. The van der Waals surface area contributed by atoms with E-state index in [-0.39, 0.29) is 16.9 Å². The largest absolute Gasteiger partial charge is 0.457 e. The number of rotatable bonds is 2. The zero-order valence-corrected chi connectivity index (χ0v) is 12.7. The predicted molar refractivity (Wildman–Crippen MR) is 81.1 cm³/mol. The Morgan fingerprint density at radius 2 is 1.55 bits per heavy atom. The Balaban J connectivity index is 2.32. The third-order valence-electron chi connectivity index (χ3n) is 3.27. The first-order chi connectivity index (χ1) is 10.1. The molecule has 5 heteroatoms. The summed E-state index contributed by atoms with van der Waals surface area (Å²) in [5.74, 6) is 0.595. The van der Waals surface area contributed by atoms with Gasteiger partial charge in [0.15, 0.2) is 0 Å². The summed E-state index contributed by atoms with van der Waals surface area (Å²) in [6.45, 7) is 6.16. The van der Waals surface area contributed by atoms with Crippen LogP contribution in [0.5, 0.6) is 11.5 Å². The first-order valence-electron chi connectivity index (χ1n) is 6.82. The van der Waals surface area contributed by atoms with Crippen molar-refractivity contribution in [1.29, 1.82) is 0 Å². The monoisotopic (exact) mass is 309 g/mol. The summed E-state index contributed by atoms with van der Waals surface area (Å²) in [5.41, 5.74) is 5.13. The van der Waals surface area contributed by atoms with E-state index in [4.69, 9.17) is 10.5 Å². The molecule has 0 amide bonds. The minimum Gasteiger partial charge on any atom is -0.457 e.